The van der Waals surface area contributed by atoms with Crippen molar-refractivity contribution in [2.45, 2.75) is 31.7 Å². The highest BCUT2D eigenvalue weighted by atomic mass is 19.1. The van der Waals surface area contributed by atoms with Crippen LogP contribution in [0.3, 0.4) is 0 Å². The third kappa shape index (κ3) is 6.23. The summed E-state index contributed by atoms with van der Waals surface area (Å²) in [7, 11) is 7.60. The molecule has 1 amide bonds. The molecule has 0 aliphatic heterocycles. The SMILES string of the molecule is C=CC(=O)Nc1cc(Nc2cc(-c3cn(C4CCCC4)c4ccc(F)cc34)ncn2)c(OC)cc1N(C)CCN(C)C. The number of aromatic nitrogens is 3. The van der Waals surface area contributed by atoms with E-state index >= 15 is 0 Å². The van der Waals surface area contributed by atoms with Gasteiger partial charge < -0.3 is 29.7 Å². The first-order valence-electron chi connectivity index (χ1n) is 14.2. The van der Waals surface area contributed by atoms with Crippen molar-refractivity contribution in [2.24, 2.45) is 0 Å². The van der Waals surface area contributed by atoms with E-state index in [1.54, 1.807) is 13.2 Å². The van der Waals surface area contributed by atoms with Crippen LogP contribution in [0.2, 0.25) is 0 Å². The van der Waals surface area contributed by atoms with Crippen LogP contribution in [-0.2, 0) is 4.79 Å². The molecule has 1 fully saturated rings. The first kappa shape index (κ1) is 29.1. The fraction of sp³-hybridized carbons (Fsp3) is 0.344. The standard InChI is InChI=1S/C32H38FN7O2/c1-6-32(41)37-26-16-27(30(42-5)18-29(26)39(4)14-13-38(2)3)36-31-17-25(34-20-35-31)24-19-40(22-9-7-8-10-22)28-12-11-21(33)15-23(24)28/h6,11-12,15-20,22H,1,7-10,13-14H2,2-5H3,(H,37,41)(H,34,35,36). The Bertz CT molecular complexity index is 1590. The predicted octanol–water partition coefficient (Wildman–Crippen LogP) is 6.23. The van der Waals surface area contributed by atoms with Crippen molar-refractivity contribution >= 4 is 39.7 Å². The van der Waals surface area contributed by atoms with Crippen molar-refractivity contribution in [3.63, 3.8) is 0 Å². The highest BCUT2D eigenvalue weighted by Crippen LogP contribution is 2.40. The lowest BCUT2D eigenvalue weighted by molar-refractivity contribution is -0.111. The van der Waals surface area contributed by atoms with E-state index in [0.29, 0.717) is 34.7 Å². The Balaban J connectivity index is 1.51. The van der Waals surface area contributed by atoms with Gasteiger partial charge in [0.2, 0.25) is 5.91 Å². The fourth-order valence-electron chi connectivity index (χ4n) is 5.53. The van der Waals surface area contributed by atoms with Crippen molar-refractivity contribution in [3.05, 3.63) is 67.4 Å². The second-order valence-corrected chi connectivity index (χ2v) is 11.0. The number of nitrogens with zero attached hydrogens (tertiary/aromatic N) is 5. The molecule has 1 saturated carbocycles. The van der Waals surface area contributed by atoms with Crippen molar-refractivity contribution < 1.29 is 13.9 Å². The van der Waals surface area contributed by atoms with E-state index in [1.165, 1.54) is 31.3 Å². The molecule has 5 rings (SSSR count). The van der Waals surface area contributed by atoms with Crippen LogP contribution in [0.5, 0.6) is 5.75 Å². The molecule has 1 aliphatic rings. The molecule has 0 bridgehead atoms. The van der Waals surface area contributed by atoms with Crippen molar-refractivity contribution in [2.75, 3.05) is 56.9 Å². The van der Waals surface area contributed by atoms with Gasteiger partial charge in [0.1, 0.15) is 23.7 Å². The summed E-state index contributed by atoms with van der Waals surface area (Å²) in [6.07, 6.45) is 9.44. The number of amides is 1. The number of ether oxygens (including phenoxy) is 1. The van der Waals surface area contributed by atoms with Gasteiger partial charge in [0.25, 0.3) is 0 Å². The number of carbonyl (C=O) groups is 1. The van der Waals surface area contributed by atoms with Crippen LogP contribution in [0, 0.1) is 5.82 Å². The number of hydrogen-bond donors (Lipinski definition) is 2. The number of nitrogens with one attached hydrogen (secondary N) is 2. The summed E-state index contributed by atoms with van der Waals surface area (Å²) >= 11 is 0. The van der Waals surface area contributed by atoms with Crippen LogP contribution in [0.4, 0.5) is 27.3 Å². The number of methoxy groups -OCH3 is 1. The molecule has 10 heteroatoms. The molecule has 0 unspecified atom stereocenters. The Morgan fingerprint density at radius 3 is 2.62 bits per heavy atom. The topological polar surface area (TPSA) is 87.5 Å². The lowest BCUT2D eigenvalue weighted by Gasteiger charge is -2.26. The van der Waals surface area contributed by atoms with E-state index in [4.69, 9.17) is 4.74 Å². The molecule has 9 nitrogen and oxygen atoms in total. The summed E-state index contributed by atoms with van der Waals surface area (Å²) in [5, 5.41) is 7.08. The molecule has 1 aliphatic carbocycles. The average molecular weight is 572 g/mol. The Labute approximate surface area is 246 Å². The van der Waals surface area contributed by atoms with Crippen LogP contribution in [0.15, 0.2) is 61.6 Å². The van der Waals surface area contributed by atoms with Crippen LogP contribution in [0.25, 0.3) is 22.2 Å². The number of carbonyl (C=O) groups excluding carboxylic acids is 1. The Hall–Kier alpha value is -4.44. The predicted molar refractivity (Wildman–Crippen MR) is 167 cm³/mol. The molecule has 0 saturated heterocycles. The molecule has 0 spiro atoms. The Morgan fingerprint density at radius 2 is 1.90 bits per heavy atom. The lowest BCUT2D eigenvalue weighted by Crippen LogP contribution is -2.29. The fourth-order valence-corrected chi connectivity index (χ4v) is 5.53. The molecule has 2 aromatic heterocycles. The number of halogens is 1. The van der Waals surface area contributed by atoms with E-state index in [9.17, 15) is 9.18 Å². The maximum atomic E-state index is 14.4. The van der Waals surface area contributed by atoms with Gasteiger partial charge in [0.05, 0.1) is 29.9 Å². The molecule has 2 aromatic carbocycles. The zero-order chi connectivity index (χ0) is 29.8. The van der Waals surface area contributed by atoms with E-state index in [1.807, 2.05) is 45.4 Å². The minimum absolute atomic E-state index is 0.283. The van der Waals surface area contributed by atoms with Gasteiger partial charge in [-0.3, -0.25) is 4.79 Å². The van der Waals surface area contributed by atoms with E-state index < -0.39 is 0 Å². The van der Waals surface area contributed by atoms with Crippen LogP contribution < -0.4 is 20.3 Å². The summed E-state index contributed by atoms with van der Waals surface area (Å²) in [5.41, 5.74) is 4.56. The number of rotatable bonds is 11. The molecule has 2 heterocycles. The van der Waals surface area contributed by atoms with Gasteiger partial charge in [-0.2, -0.15) is 0 Å². The van der Waals surface area contributed by atoms with Gasteiger partial charge >= 0.3 is 0 Å². The smallest absolute Gasteiger partial charge is 0.247 e. The number of fused-ring (bicyclic) bond motifs is 1. The quantitative estimate of drug-likeness (QED) is 0.207. The molecule has 2 N–H and O–H groups in total. The Morgan fingerprint density at radius 1 is 1.12 bits per heavy atom. The van der Waals surface area contributed by atoms with E-state index in [2.05, 4.69) is 47.7 Å². The van der Waals surface area contributed by atoms with Crippen molar-refractivity contribution in [1.29, 1.82) is 0 Å². The lowest BCUT2D eigenvalue weighted by atomic mass is 10.1. The highest BCUT2D eigenvalue weighted by Gasteiger charge is 2.22. The summed E-state index contributed by atoms with van der Waals surface area (Å²) in [4.78, 5) is 25.5. The van der Waals surface area contributed by atoms with Gasteiger partial charge in [-0.25, -0.2) is 14.4 Å². The summed E-state index contributed by atoms with van der Waals surface area (Å²) in [6, 6.07) is 10.9. The van der Waals surface area contributed by atoms with Gasteiger partial charge in [-0.05, 0) is 57.3 Å². The largest absolute Gasteiger partial charge is 0.494 e. The van der Waals surface area contributed by atoms with Gasteiger partial charge in [-0.1, -0.05) is 19.4 Å². The van der Waals surface area contributed by atoms with E-state index in [-0.39, 0.29) is 11.7 Å². The number of likely N-dealkylation sites (N-methyl/N-ethyl adjacent to an activating group) is 2. The van der Waals surface area contributed by atoms with Crippen LogP contribution in [0.1, 0.15) is 31.7 Å². The van der Waals surface area contributed by atoms with Crippen LogP contribution >= 0.6 is 0 Å². The monoisotopic (exact) mass is 571 g/mol. The number of benzene rings is 2. The van der Waals surface area contributed by atoms with E-state index in [0.717, 1.165) is 48.1 Å². The Kier molecular flexibility index (Phi) is 8.72. The average Bonchev–Trinajstić information content (AvgIpc) is 3.64. The maximum Gasteiger partial charge on any atom is 0.247 e. The molecule has 0 radical (unpaired) electrons. The molecule has 42 heavy (non-hydrogen) atoms. The molecular formula is C32H38FN7O2. The zero-order valence-electron chi connectivity index (χ0n) is 24.7. The third-order valence-electron chi connectivity index (χ3n) is 7.77. The van der Waals surface area contributed by atoms with Crippen molar-refractivity contribution in [3.8, 4) is 17.0 Å². The minimum atomic E-state index is -0.316. The van der Waals surface area contributed by atoms with Gasteiger partial charge in [0.15, 0.2) is 0 Å². The first-order chi connectivity index (χ1) is 20.3. The highest BCUT2D eigenvalue weighted by molar-refractivity contribution is 6.02. The zero-order valence-corrected chi connectivity index (χ0v) is 24.7. The molecular weight excluding hydrogens is 533 g/mol. The molecule has 4 aromatic rings. The van der Waals surface area contributed by atoms with Gasteiger partial charge in [-0.15, -0.1) is 0 Å². The number of hydrogen-bond acceptors (Lipinski definition) is 7. The second kappa shape index (κ2) is 12.6. The third-order valence-corrected chi connectivity index (χ3v) is 7.77. The molecule has 0 atom stereocenters. The van der Waals surface area contributed by atoms with Crippen molar-refractivity contribution in [1.82, 2.24) is 19.4 Å². The second-order valence-electron chi connectivity index (χ2n) is 11.0. The molecule has 220 valence electrons. The summed E-state index contributed by atoms with van der Waals surface area (Å²) in [6.45, 7) is 5.16. The first-order valence-corrected chi connectivity index (χ1v) is 14.2. The summed E-state index contributed by atoms with van der Waals surface area (Å²) < 4.78 is 22.4. The van der Waals surface area contributed by atoms with Crippen LogP contribution in [-0.4, -0.2) is 66.7 Å². The minimum Gasteiger partial charge on any atom is -0.494 e. The number of anilines is 4. The maximum absolute atomic E-state index is 14.4. The normalized spacial score (nSPS) is 13.5. The van der Waals surface area contributed by atoms with Gasteiger partial charge in [0, 0.05) is 61.0 Å². The summed E-state index contributed by atoms with van der Waals surface area (Å²) in [5.74, 6) is 0.517.